The van der Waals surface area contributed by atoms with Crippen LogP contribution in [0.1, 0.15) is 12.8 Å². The van der Waals surface area contributed by atoms with E-state index in [2.05, 4.69) is 5.10 Å². The molecule has 0 aliphatic carbocycles. The van der Waals surface area contributed by atoms with Crippen molar-refractivity contribution in [3.8, 4) is 0 Å². The van der Waals surface area contributed by atoms with Crippen LogP contribution in [0.5, 0.6) is 0 Å². The molecule has 21 heavy (non-hydrogen) atoms. The summed E-state index contributed by atoms with van der Waals surface area (Å²) in [6.07, 6.45) is 4.95. The van der Waals surface area contributed by atoms with E-state index < -0.39 is 0 Å². The molecule has 3 atom stereocenters. The quantitative estimate of drug-likeness (QED) is 0.818. The van der Waals surface area contributed by atoms with Crippen molar-refractivity contribution in [1.82, 2.24) is 14.7 Å². The van der Waals surface area contributed by atoms with Crippen molar-refractivity contribution in [2.45, 2.75) is 37.7 Å². The van der Waals surface area contributed by atoms with Crippen LogP contribution in [0.2, 0.25) is 0 Å². The van der Waals surface area contributed by atoms with E-state index in [-0.39, 0.29) is 24.2 Å². The zero-order valence-corrected chi connectivity index (χ0v) is 12.1. The molecule has 2 fully saturated rings. The monoisotopic (exact) mass is 294 g/mol. The third kappa shape index (κ3) is 3.42. The number of morpholine rings is 1. The molecule has 7 heteroatoms. The van der Waals surface area contributed by atoms with Crippen molar-refractivity contribution >= 4 is 5.91 Å². The molecular weight excluding hydrogens is 272 g/mol. The minimum Gasteiger partial charge on any atom is -0.373 e. The molecule has 1 unspecified atom stereocenters. The highest BCUT2D eigenvalue weighted by molar-refractivity contribution is 5.81. The van der Waals surface area contributed by atoms with Crippen LogP contribution in [-0.2, 0) is 20.8 Å². The second kappa shape index (κ2) is 6.55. The topological polar surface area (TPSA) is 82.6 Å². The molecule has 0 spiro atoms. The lowest BCUT2D eigenvalue weighted by atomic mass is 10.1. The third-order valence-electron chi connectivity index (χ3n) is 4.05. The number of hydrogen-bond donors (Lipinski definition) is 1. The fourth-order valence-corrected chi connectivity index (χ4v) is 2.91. The lowest BCUT2D eigenvalue weighted by Gasteiger charge is -2.34. The minimum atomic E-state index is -0.331. The molecule has 2 N–H and O–H groups in total. The Morgan fingerprint density at radius 1 is 1.38 bits per heavy atom. The van der Waals surface area contributed by atoms with Crippen molar-refractivity contribution in [3.05, 3.63) is 18.5 Å². The molecule has 2 aliphatic heterocycles. The first-order valence-corrected chi connectivity index (χ1v) is 7.49. The van der Waals surface area contributed by atoms with Gasteiger partial charge in [-0.2, -0.15) is 5.10 Å². The second-order valence-electron chi connectivity index (χ2n) is 5.56. The van der Waals surface area contributed by atoms with Crippen LogP contribution in [-0.4, -0.2) is 65.1 Å². The number of aromatic nitrogens is 2. The predicted octanol–water partition coefficient (Wildman–Crippen LogP) is -0.383. The van der Waals surface area contributed by atoms with Gasteiger partial charge in [0, 0.05) is 32.0 Å². The number of amides is 1. The number of nitrogens with zero attached hydrogens (tertiary/aromatic N) is 3. The van der Waals surface area contributed by atoms with Crippen molar-refractivity contribution in [1.29, 1.82) is 0 Å². The Morgan fingerprint density at radius 2 is 2.29 bits per heavy atom. The Bertz CT molecular complexity index is 465. The zero-order chi connectivity index (χ0) is 14.7. The molecule has 0 radical (unpaired) electrons. The SMILES string of the molecule is NC[C@H]1CC[C@@H](C(=O)N2CCOC(Cn3cccn3)C2)O1. The molecule has 2 aliphatic rings. The molecule has 116 valence electrons. The van der Waals surface area contributed by atoms with E-state index in [1.165, 1.54) is 0 Å². The normalized spacial score (nSPS) is 29.8. The van der Waals surface area contributed by atoms with Gasteiger partial charge in [0.25, 0.3) is 5.91 Å². The first-order valence-electron chi connectivity index (χ1n) is 7.49. The van der Waals surface area contributed by atoms with Crippen molar-refractivity contribution < 1.29 is 14.3 Å². The van der Waals surface area contributed by atoms with E-state index in [1.54, 1.807) is 6.20 Å². The molecule has 0 bridgehead atoms. The Kier molecular flexibility index (Phi) is 4.52. The molecule has 1 amide bonds. The highest BCUT2D eigenvalue weighted by atomic mass is 16.5. The van der Waals surface area contributed by atoms with Crippen molar-refractivity contribution in [2.75, 3.05) is 26.2 Å². The summed E-state index contributed by atoms with van der Waals surface area (Å²) in [5, 5.41) is 4.17. The van der Waals surface area contributed by atoms with E-state index in [4.69, 9.17) is 15.2 Å². The number of rotatable bonds is 4. The van der Waals surface area contributed by atoms with Crippen LogP contribution in [0.25, 0.3) is 0 Å². The second-order valence-corrected chi connectivity index (χ2v) is 5.56. The van der Waals surface area contributed by atoms with Gasteiger partial charge in [-0.05, 0) is 18.9 Å². The van der Waals surface area contributed by atoms with E-state index in [1.807, 2.05) is 21.8 Å². The summed E-state index contributed by atoms with van der Waals surface area (Å²) in [5.74, 6) is 0.0692. The number of hydrogen-bond acceptors (Lipinski definition) is 5. The molecule has 7 nitrogen and oxygen atoms in total. The number of nitrogens with two attached hydrogens (primary N) is 1. The van der Waals surface area contributed by atoms with Crippen LogP contribution in [0.4, 0.5) is 0 Å². The molecule has 3 heterocycles. The van der Waals surface area contributed by atoms with E-state index in [9.17, 15) is 4.79 Å². The van der Waals surface area contributed by atoms with Gasteiger partial charge < -0.3 is 20.1 Å². The van der Waals surface area contributed by atoms with Crippen LogP contribution in [0.3, 0.4) is 0 Å². The summed E-state index contributed by atoms with van der Waals surface area (Å²) in [6, 6.07) is 1.88. The Labute approximate surface area is 124 Å². The summed E-state index contributed by atoms with van der Waals surface area (Å²) in [7, 11) is 0. The standard InChI is InChI=1S/C14H22N4O3/c15-8-11-2-3-13(21-11)14(19)17-6-7-20-12(9-17)10-18-5-1-4-16-18/h1,4-5,11-13H,2-3,6-10,15H2/t11-,12?,13+/m1/s1. The average molecular weight is 294 g/mol. The number of carbonyl (C=O) groups excluding carboxylic acids is 1. The van der Waals surface area contributed by atoms with E-state index in [0.717, 1.165) is 12.8 Å². The highest BCUT2D eigenvalue weighted by Gasteiger charge is 2.35. The first-order chi connectivity index (χ1) is 10.3. The molecule has 0 aromatic carbocycles. The maximum Gasteiger partial charge on any atom is 0.251 e. The largest absolute Gasteiger partial charge is 0.373 e. The lowest BCUT2D eigenvalue weighted by Crippen LogP contribution is -2.50. The smallest absolute Gasteiger partial charge is 0.251 e. The summed E-state index contributed by atoms with van der Waals surface area (Å²) in [6.45, 7) is 2.92. The van der Waals surface area contributed by atoms with Crippen LogP contribution in [0.15, 0.2) is 18.5 Å². The fourth-order valence-electron chi connectivity index (χ4n) is 2.91. The summed E-state index contributed by atoms with van der Waals surface area (Å²) < 4.78 is 13.2. The molecule has 0 saturated carbocycles. The zero-order valence-electron chi connectivity index (χ0n) is 12.1. The minimum absolute atomic E-state index is 0.0192. The molecular formula is C14H22N4O3. The summed E-state index contributed by atoms with van der Waals surface area (Å²) >= 11 is 0. The van der Waals surface area contributed by atoms with Gasteiger partial charge in [0.15, 0.2) is 0 Å². The van der Waals surface area contributed by atoms with E-state index in [0.29, 0.717) is 32.8 Å². The van der Waals surface area contributed by atoms with Gasteiger partial charge in [0.1, 0.15) is 6.10 Å². The van der Waals surface area contributed by atoms with Gasteiger partial charge in [-0.1, -0.05) is 0 Å². The van der Waals surface area contributed by atoms with Gasteiger partial charge in [-0.25, -0.2) is 0 Å². The van der Waals surface area contributed by atoms with Crippen LogP contribution in [0, 0.1) is 0 Å². The number of ether oxygens (including phenoxy) is 2. The molecule has 3 rings (SSSR count). The molecule has 1 aromatic rings. The predicted molar refractivity (Wildman–Crippen MR) is 75.5 cm³/mol. The average Bonchev–Trinajstić information content (AvgIpc) is 3.17. The fraction of sp³-hybridized carbons (Fsp3) is 0.714. The third-order valence-corrected chi connectivity index (χ3v) is 4.05. The van der Waals surface area contributed by atoms with Crippen LogP contribution < -0.4 is 5.73 Å². The van der Waals surface area contributed by atoms with Crippen molar-refractivity contribution in [3.63, 3.8) is 0 Å². The highest BCUT2D eigenvalue weighted by Crippen LogP contribution is 2.21. The lowest BCUT2D eigenvalue weighted by molar-refractivity contribution is -0.150. The molecule has 2 saturated heterocycles. The first kappa shape index (κ1) is 14.5. The van der Waals surface area contributed by atoms with Crippen LogP contribution >= 0.6 is 0 Å². The van der Waals surface area contributed by atoms with Gasteiger partial charge in [-0.3, -0.25) is 9.48 Å². The number of carbonyl (C=O) groups is 1. The van der Waals surface area contributed by atoms with Gasteiger partial charge >= 0.3 is 0 Å². The summed E-state index contributed by atoms with van der Waals surface area (Å²) in [5.41, 5.74) is 5.59. The molecule has 1 aromatic heterocycles. The van der Waals surface area contributed by atoms with Gasteiger partial charge in [0.2, 0.25) is 0 Å². The maximum atomic E-state index is 12.5. The van der Waals surface area contributed by atoms with E-state index >= 15 is 0 Å². The Morgan fingerprint density at radius 3 is 3.00 bits per heavy atom. The van der Waals surface area contributed by atoms with Crippen molar-refractivity contribution in [2.24, 2.45) is 5.73 Å². The van der Waals surface area contributed by atoms with Gasteiger partial charge in [0.05, 0.1) is 25.4 Å². The summed E-state index contributed by atoms with van der Waals surface area (Å²) in [4.78, 5) is 14.3. The Hall–Kier alpha value is -1.44. The maximum absolute atomic E-state index is 12.5. The van der Waals surface area contributed by atoms with Gasteiger partial charge in [-0.15, -0.1) is 0 Å². The Balaban J connectivity index is 1.54.